The average Bonchev–Trinajstić information content (AvgIpc) is 2.57. The van der Waals surface area contributed by atoms with E-state index in [1.165, 1.54) is 19.1 Å². The van der Waals surface area contributed by atoms with E-state index < -0.39 is 23.8 Å². The summed E-state index contributed by atoms with van der Waals surface area (Å²) in [6.07, 6.45) is -0.824. The molecule has 1 N–H and O–H groups in total. The van der Waals surface area contributed by atoms with Gasteiger partial charge in [-0.15, -0.1) is 0 Å². The molecule has 0 fully saturated rings. The van der Waals surface area contributed by atoms with Gasteiger partial charge in [0.2, 0.25) is 0 Å². The number of anilines is 1. The molecule has 0 aliphatic heterocycles. The number of halogens is 2. The lowest BCUT2D eigenvalue weighted by Crippen LogP contribution is -2.30. The zero-order chi connectivity index (χ0) is 18.4. The van der Waals surface area contributed by atoms with Gasteiger partial charge in [-0.25, -0.2) is 4.39 Å². The summed E-state index contributed by atoms with van der Waals surface area (Å²) < 4.78 is 18.2. The fourth-order valence-corrected chi connectivity index (χ4v) is 2.49. The number of ether oxygens (including phenoxy) is 1. The summed E-state index contributed by atoms with van der Waals surface area (Å²) in [5.74, 6) is -1.52. The molecule has 4 nitrogen and oxygen atoms in total. The highest BCUT2D eigenvalue weighted by Gasteiger charge is 2.20. The summed E-state index contributed by atoms with van der Waals surface area (Å²) in [4.78, 5) is 24.1. The van der Waals surface area contributed by atoms with Gasteiger partial charge in [0, 0.05) is 0 Å². The normalized spacial score (nSPS) is 13.0. The van der Waals surface area contributed by atoms with E-state index in [1.54, 1.807) is 0 Å². The van der Waals surface area contributed by atoms with Gasteiger partial charge in [-0.05, 0) is 36.6 Å². The summed E-state index contributed by atoms with van der Waals surface area (Å²) in [6.45, 7) is 3.39. The lowest BCUT2D eigenvalue weighted by Gasteiger charge is -2.16. The zero-order valence-corrected chi connectivity index (χ0v) is 14.7. The Bertz CT molecular complexity index is 752. The van der Waals surface area contributed by atoms with Crippen molar-refractivity contribution in [1.82, 2.24) is 0 Å². The second-order valence-electron chi connectivity index (χ2n) is 5.76. The van der Waals surface area contributed by atoms with E-state index in [2.05, 4.69) is 5.32 Å². The summed E-state index contributed by atoms with van der Waals surface area (Å²) in [6, 6.07) is 13.2. The molecule has 0 saturated carbocycles. The Labute approximate surface area is 150 Å². The lowest BCUT2D eigenvalue weighted by atomic mass is 9.98. The van der Waals surface area contributed by atoms with E-state index in [0.29, 0.717) is 0 Å². The van der Waals surface area contributed by atoms with Gasteiger partial charge in [-0.2, -0.15) is 0 Å². The molecule has 25 heavy (non-hydrogen) atoms. The molecular formula is C19H19ClFNO3. The largest absolute Gasteiger partial charge is 0.453 e. The molecular weight excluding hydrogens is 345 g/mol. The van der Waals surface area contributed by atoms with Crippen molar-refractivity contribution in [2.45, 2.75) is 32.3 Å². The monoisotopic (exact) mass is 363 g/mol. The van der Waals surface area contributed by atoms with E-state index in [4.69, 9.17) is 16.3 Å². The molecule has 0 aliphatic rings. The molecule has 0 spiro atoms. The van der Waals surface area contributed by atoms with Crippen molar-refractivity contribution in [3.05, 3.63) is 64.9 Å². The number of carbonyl (C=O) groups is 2. The second-order valence-corrected chi connectivity index (χ2v) is 6.17. The van der Waals surface area contributed by atoms with Gasteiger partial charge in [0.25, 0.3) is 5.91 Å². The minimum absolute atomic E-state index is 0.0181. The molecule has 0 heterocycles. The summed E-state index contributed by atoms with van der Waals surface area (Å²) in [7, 11) is 0. The highest BCUT2D eigenvalue weighted by Crippen LogP contribution is 2.23. The van der Waals surface area contributed by atoms with Crippen molar-refractivity contribution in [2.75, 3.05) is 5.32 Å². The van der Waals surface area contributed by atoms with Crippen molar-refractivity contribution in [1.29, 1.82) is 0 Å². The third-order valence-corrected chi connectivity index (χ3v) is 4.02. The van der Waals surface area contributed by atoms with E-state index in [0.717, 1.165) is 11.6 Å². The quantitative estimate of drug-likeness (QED) is 0.766. The molecule has 0 unspecified atom stereocenters. The second kappa shape index (κ2) is 8.62. The molecule has 0 aliphatic carbocycles. The topological polar surface area (TPSA) is 55.4 Å². The van der Waals surface area contributed by atoms with Crippen molar-refractivity contribution in [3.8, 4) is 0 Å². The number of carbonyl (C=O) groups excluding carboxylic acids is 2. The maximum Gasteiger partial charge on any atom is 0.307 e. The molecule has 2 rings (SSSR count). The molecule has 0 radical (unpaired) electrons. The smallest absolute Gasteiger partial charge is 0.307 e. The number of benzene rings is 2. The molecule has 1 amide bonds. The van der Waals surface area contributed by atoms with Crippen LogP contribution in [0.15, 0.2) is 48.5 Å². The first-order chi connectivity index (χ1) is 11.9. The fraction of sp³-hybridized carbons (Fsp3) is 0.263. The minimum atomic E-state index is -0.989. The van der Waals surface area contributed by atoms with Gasteiger partial charge in [0.1, 0.15) is 5.82 Å². The lowest BCUT2D eigenvalue weighted by molar-refractivity contribution is -0.153. The first kappa shape index (κ1) is 18.9. The zero-order valence-electron chi connectivity index (χ0n) is 14.0. The number of esters is 1. The Kier molecular flexibility index (Phi) is 6.53. The van der Waals surface area contributed by atoms with Crippen LogP contribution in [0.25, 0.3) is 0 Å². The molecule has 0 aromatic heterocycles. The van der Waals surface area contributed by atoms with Crippen molar-refractivity contribution >= 4 is 29.2 Å². The average molecular weight is 364 g/mol. The van der Waals surface area contributed by atoms with E-state index >= 15 is 0 Å². The van der Waals surface area contributed by atoms with Crippen LogP contribution in [0.3, 0.4) is 0 Å². The Hall–Kier alpha value is -2.40. The molecule has 0 bridgehead atoms. The number of rotatable bonds is 6. The van der Waals surface area contributed by atoms with Crippen LogP contribution in [0.2, 0.25) is 5.02 Å². The Morgan fingerprint density at radius 2 is 1.84 bits per heavy atom. The molecule has 132 valence electrons. The minimum Gasteiger partial charge on any atom is -0.453 e. The van der Waals surface area contributed by atoms with Crippen LogP contribution in [-0.2, 0) is 14.3 Å². The van der Waals surface area contributed by atoms with E-state index in [1.807, 2.05) is 37.3 Å². The molecule has 0 saturated heterocycles. The van der Waals surface area contributed by atoms with Crippen LogP contribution < -0.4 is 5.32 Å². The Balaban J connectivity index is 1.88. The summed E-state index contributed by atoms with van der Waals surface area (Å²) in [5.41, 5.74) is 1.28. The Morgan fingerprint density at radius 3 is 2.48 bits per heavy atom. The summed E-state index contributed by atoms with van der Waals surface area (Å²) in [5, 5.41) is 2.59. The predicted octanol–water partition coefficient (Wildman–Crippen LogP) is 4.54. The van der Waals surface area contributed by atoms with Crippen molar-refractivity contribution < 1.29 is 18.7 Å². The third-order valence-electron chi connectivity index (χ3n) is 3.71. The van der Waals surface area contributed by atoms with Gasteiger partial charge in [0.15, 0.2) is 6.10 Å². The van der Waals surface area contributed by atoms with Crippen molar-refractivity contribution in [3.63, 3.8) is 0 Å². The first-order valence-corrected chi connectivity index (χ1v) is 8.25. The van der Waals surface area contributed by atoms with E-state index in [9.17, 15) is 14.0 Å². The predicted molar refractivity (Wildman–Crippen MR) is 95.1 cm³/mol. The van der Waals surface area contributed by atoms with E-state index in [-0.39, 0.29) is 23.0 Å². The molecule has 2 aromatic carbocycles. The van der Waals surface area contributed by atoms with Crippen LogP contribution in [0.5, 0.6) is 0 Å². The Morgan fingerprint density at radius 1 is 1.16 bits per heavy atom. The van der Waals surface area contributed by atoms with Crippen LogP contribution >= 0.6 is 11.6 Å². The van der Waals surface area contributed by atoms with Gasteiger partial charge in [0.05, 0.1) is 17.1 Å². The van der Waals surface area contributed by atoms with Gasteiger partial charge < -0.3 is 10.1 Å². The number of nitrogens with one attached hydrogen (secondary N) is 1. The van der Waals surface area contributed by atoms with Gasteiger partial charge in [-0.3, -0.25) is 9.59 Å². The molecule has 2 atom stereocenters. The molecule has 2 aromatic rings. The SMILES string of the molecule is C[C@H](OC(=O)C[C@H](C)c1ccccc1)C(=O)Nc1ccc(F)cc1Cl. The maximum absolute atomic E-state index is 13.0. The maximum atomic E-state index is 13.0. The number of hydrogen-bond acceptors (Lipinski definition) is 3. The van der Waals surface area contributed by atoms with Crippen molar-refractivity contribution in [2.24, 2.45) is 0 Å². The van der Waals surface area contributed by atoms with Gasteiger partial charge in [-0.1, -0.05) is 48.9 Å². The van der Waals surface area contributed by atoms with Crippen LogP contribution in [0, 0.1) is 5.82 Å². The van der Waals surface area contributed by atoms with Crippen LogP contribution in [-0.4, -0.2) is 18.0 Å². The van der Waals surface area contributed by atoms with Crippen LogP contribution in [0.1, 0.15) is 31.7 Å². The molecule has 6 heteroatoms. The summed E-state index contributed by atoms with van der Waals surface area (Å²) >= 11 is 5.86. The van der Waals surface area contributed by atoms with Gasteiger partial charge >= 0.3 is 5.97 Å². The van der Waals surface area contributed by atoms with Crippen LogP contribution in [0.4, 0.5) is 10.1 Å². The fourth-order valence-electron chi connectivity index (χ4n) is 2.27. The standard InChI is InChI=1S/C19H19ClFNO3/c1-12(14-6-4-3-5-7-14)10-18(23)25-13(2)19(24)22-17-9-8-15(21)11-16(17)20/h3-9,11-13H,10H2,1-2H3,(H,22,24)/t12-,13-/m0/s1. The highest BCUT2D eigenvalue weighted by molar-refractivity contribution is 6.33. The highest BCUT2D eigenvalue weighted by atomic mass is 35.5. The number of hydrogen-bond donors (Lipinski definition) is 1. The first-order valence-electron chi connectivity index (χ1n) is 7.87. The third kappa shape index (κ3) is 5.57. The number of amides is 1.